The van der Waals surface area contributed by atoms with E-state index in [-0.39, 0.29) is 12.5 Å². The molecule has 1 aromatic rings. The van der Waals surface area contributed by atoms with Gasteiger partial charge in [-0.25, -0.2) is 4.98 Å². The molecule has 1 saturated carbocycles. The fourth-order valence-electron chi connectivity index (χ4n) is 1.87. The van der Waals surface area contributed by atoms with Gasteiger partial charge in [-0.15, -0.1) is 11.3 Å². The molecule has 1 fully saturated rings. The topological polar surface area (TPSA) is 79.3 Å². The number of carboxylic acids is 1. The van der Waals surface area contributed by atoms with Gasteiger partial charge in [0.15, 0.2) is 0 Å². The number of hydrogen-bond acceptors (Lipinski definition) is 4. The van der Waals surface area contributed by atoms with Crippen LogP contribution >= 0.6 is 11.3 Å². The van der Waals surface area contributed by atoms with E-state index in [1.807, 2.05) is 6.92 Å². The lowest BCUT2D eigenvalue weighted by Gasteiger charge is -2.37. The van der Waals surface area contributed by atoms with Crippen LogP contribution in [0, 0.1) is 12.3 Å². The van der Waals surface area contributed by atoms with Crippen LogP contribution < -0.4 is 5.32 Å². The minimum Gasteiger partial charge on any atom is -0.481 e. The van der Waals surface area contributed by atoms with Crippen LogP contribution in [0.3, 0.4) is 0 Å². The number of thiazole rings is 1. The SMILES string of the molecule is Cc1ncc(C(=O)NCC2(C(=O)O)CCC2)s1. The first-order valence-corrected chi connectivity index (χ1v) is 6.29. The molecule has 2 rings (SSSR count). The minimum atomic E-state index is -0.815. The van der Waals surface area contributed by atoms with Crippen molar-refractivity contribution in [3.8, 4) is 0 Å². The minimum absolute atomic E-state index is 0.206. The highest BCUT2D eigenvalue weighted by atomic mass is 32.1. The Morgan fingerprint density at radius 1 is 1.59 bits per heavy atom. The molecule has 0 bridgehead atoms. The summed E-state index contributed by atoms with van der Waals surface area (Å²) in [5.41, 5.74) is -0.741. The van der Waals surface area contributed by atoms with Gasteiger partial charge in [0.25, 0.3) is 5.91 Å². The number of nitrogens with one attached hydrogen (secondary N) is 1. The van der Waals surface area contributed by atoms with E-state index in [2.05, 4.69) is 10.3 Å². The molecule has 17 heavy (non-hydrogen) atoms. The number of carbonyl (C=O) groups is 2. The maximum absolute atomic E-state index is 11.7. The highest BCUT2D eigenvalue weighted by Crippen LogP contribution is 2.40. The van der Waals surface area contributed by atoms with Crippen LogP contribution in [0.25, 0.3) is 0 Å². The molecular weight excluding hydrogens is 240 g/mol. The smallest absolute Gasteiger partial charge is 0.311 e. The summed E-state index contributed by atoms with van der Waals surface area (Å²) >= 11 is 1.31. The predicted molar refractivity (Wildman–Crippen MR) is 63.1 cm³/mol. The second kappa shape index (κ2) is 4.44. The molecule has 6 heteroatoms. The van der Waals surface area contributed by atoms with Gasteiger partial charge in [0.2, 0.25) is 0 Å². The molecule has 0 aromatic carbocycles. The number of amides is 1. The second-order valence-electron chi connectivity index (χ2n) is 4.37. The summed E-state index contributed by atoms with van der Waals surface area (Å²) < 4.78 is 0. The lowest BCUT2D eigenvalue weighted by molar-refractivity contribution is -0.153. The van der Waals surface area contributed by atoms with Gasteiger partial charge in [0.05, 0.1) is 16.6 Å². The van der Waals surface area contributed by atoms with Gasteiger partial charge < -0.3 is 10.4 Å². The number of carboxylic acid groups (broad SMARTS) is 1. The zero-order valence-electron chi connectivity index (χ0n) is 9.52. The van der Waals surface area contributed by atoms with Crippen LogP contribution in [0.5, 0.6) is 0 Å². The van der Waals surface area contributed by atoms with Crippen LogP contribution in [0.2, 0.25) is 0 Å². The first-order valence-electron chi connectivity index (χ1n) is 5.47. The summed E-state index contributed by atoms with van der Waals surface area (Å²) in [4.78, 5) is 27.4. The molecule has 0 saturated heterocycles. The average molecular weight is 254 g/mol. The van der Waals surface area contributed by atoms with Crippen LogP contribution in [0.4, 0.5) is 0 Å². The van der Waals surface area contributed by atoms with Crippen LogP contribution in [-0.4, -0.2) is 28.5 Å². The first kappa shape index (κ1) is 12.0. The van der Waals surface area contributed by atoms with Crippen LogP contribution in [0.15, 0.2) is 6.20 Å². The van der Waals surface area contributed by atoms with Crippen molar-refractivity contribution in [2.75, 3.05) is 6.54 Å². The fraction of sp³-hybridized carbons (Fsp3) is 0.545. The fourth-order valence-corrected chi connectivity index (χ4v) is 2.57. The number of aryl methyl sites for hydroxylation is 1. The van der Waals surface area contributed by atoms with E-state index in [4.69, 9.17) is 5.11 Å². The molecule has 5 nitrogen and oxygen atoms in total. The van der Waals surface area contributed by atoms with Crippen molar-refractivity contribution in [1.82, 2.24) is 10.3 Å². The summed E-state index contributed by atoms with van der Waals surface area (Å²) in [6.45, 7) is 2.03. The maximum Gasteiger partial charge on any atom is 0.311 e. The van der Waals surface area contributed by atoms with Crippen molar-refractivity contribution in [2.24, 2.45) is 5.41 Å². The van der Waals surface area contributed by atoms with E-state index in [0.29, 0.717) is 17.7 Å². The lowest BCUT2D eigenvalue weighted by Crippen LogP contribution is -2.47. The normalized spacial score (nSPS) is 17.2. The zero-order chi connectivity index (χ0) is 12.5. The van der Waals surface area contributed by atoms with Gasteiger partial charge in [-0.3, -0.25) is 9.59 Å². The average Bonchev–Trinajstić information content (AvgIpc) is 2.62. The standard InChI is InChI=1S/C11H14N2O3S/c1-7-12-5-8(17-7)9(14)13-6-11(10(15)16)3-2-4-11/h5H,2-4,6H2,1H3,(H,13,14)(H,15,16). The molecule has 1 aliphatic rings. The Kier molecular flexibility index (Phi) is 3.15. The lowest BCUT2D eigenvalue weighted by atomic mass is 9.69. The van der Waals surface area contributed by atoms with Gasteiger partial charge in [-0.2, -0.15) is 0 Å². The van der Waals surface area contributed by atoms with Crippen LogP contribution in [0.1, 0.15) is 33.9 Å². The largest absolute Gasteiger partial charge is 0.481 e. The molecule has 0 atom stereocenters. The molecule has 1 aliphatic carbocycles. The highest BCUT2D eigenvalue weighted by molar-refractivity contribution is 7.13. The van der Waals surface area contributed by atoms with E-state index in [9.17, 15) is 9.59 Å². The Hall–Kier alpha value is -1.43. The van der Waals surface area contributed by atoms with Crippen molar-refractivity contribution in [1.29, 1.82) is 0 Å². The summed E-state index contributed by atoms with van der Waals surface area (Å²) in [6.07, 6.45) is 3.72. The van der Waals surface area contributed by atoms with Gasteiger partial charge >= 0.3 is 5.97 Å². The third-order valence-corrected chi connectivity index (χ3v) is 4.11. The van der Waals surface area contributed by atoms with Gasteiger partial charge in [0.1, 0.15) is 4.88 Å². The molecule has 92 valence electrons. The molecule has 0 radical (unpaired) electrons. The highest BCUT2D eigenvalue weighted by Gasteiger charge is 2.44. The van der Waals surface area contributed by atoms with E-state index in [1.165, 1.54) is 17.5 Å². The van der Waals surface area contributed by atoms with E-state index < -0.39 is 11.4 Å². The Labute approximate surface area is 103 Å². The third-order valence-electron chi connectivity index (χ3n) is 3.20. The van der Waals surface area contributed by atoms with Crippen molar-refractivity contribution < 1.29 is 14.7 Å². The van der Waals surface area contributed by atoms with E-state index in [0.717, 1.165) is 11.4 Å². The van der Waals surface area contributed by atoms with Crippen molar-refractivity contribution in [2.45, 2.75) is 26.2 Å². The molecule has 0 aliphatic heterocycles. The summed E-state index contributed by atoms with van der Waals surface area (Å²) in [5.74, 6) is -1.05. The molecule has 2 N–H and O–H groups in total. The second-order valence-corrected chi connectivity index (χ2v) is 5.60. The Balaban J connectivity index is 1.94. The first-order chi connectivity index (χ1) is 8.03. The van der Waals surface area contributed by atoms with Gasteiger partial charge in [-0.05, 0) is 19.8 Å². The van der Waals surface area contributed by atoms with Crippen molar-refractivity contribution >= 4 is 23.2 Å². The molecule has 1 amide bonds. The number of hydrogen-bond donors (Lipinski definition) is 2. The zero-order valence-corrected chi connectivity index (χ0v) is 10.3. The number of rotatable bonds is 4. The van der Waals surface area contributed by atoms with E-state index in [1.54, 1.807) is 0 Å². The number of nitrogens with zero attached hydrogens (tertiary/aromatic N) is 1. The summed E-state index contributed by atoms with van der Waals surface area (Å²) in [6, 6.07) is 0. The summed E-state index contributed by atoms with van der Waals surface area (Å²) in [5, 5.41) is 12.6. The van der Waals surface area contributed by atoms with Gasteiger partial charge in [0, 0.05) is 6.54 Å². The molecular formula is C11H14N2O3S. The molecule has 1 heterocycles. The molecule has 1 aromatic heterocycles. The number of carbonyl (C=O) groups excluding carboxylic acids is 1. The Morgan fingerprint density at radius 2 is 2.29 bits per heavy atom. The summed E-state index contributed by atoms with van der Waals surface area (Å²) in [7, 11) is 0. The number of aliphatic carboxylic acids is 1. The van der Waals surface area contributed by atoms with Gasteiger partial charge in [-0.1, -0.05) is 6.42 Å². The van der Waals surface area contributed by atoms with Crippen molar-refractivity contribution in [3.63, 3.8) is 0 Å². The van der Waals surface area contributed by atoms with E-state index >= 15 is 0 Å². The Bertz CT molecular complexity index is 451. The van der Waals surface area contributed by atoms with Crippen molar-refractivity contribution in [3.05, 3.63) is 16.1 Å². The molecule has 0 spiro atoms. The monoisotopic (exact) mass is 254 g/mol. The Morgan fingerprint density at radius 3 is 2.71 bits per heavy atom. The van der Waals surface area contributed by atoms with Crippen LogP contribution in [-0.2, 0) is 4.79 Å². The number of aromatic nitrogens is 1. The quantitative estimate of drug-likeness (QED) is 0.852. The third kappa shape index (κ3) is 2.31. The predicted octanol–water partition coefficient (Wildman–Crippen LogP) is 1.44. The maximum atomic E-state index is 11.7. The molecule has 0 unspecified atom stereocenters.